The Balaban J connectivity index is 1.87. The van der Waals surface area contributed by atoms with Crippen LogP contribution in [0, 0.1) is 0 Å². The molecule has 134 valence electrons. The lowest BCUT2D eigenvalue weighted by Gasteiger charge is -2.37. The van der Waals surface area contributed by atoms with Crippen LogP contribution in [0.4, 0.5) is 0 Å². The number of aryl methyl sites for hydroxylation is 1. The molecule has 1 atom stereocenters. The van der Waals surface area contributed by atoms with Gasteiger partial charge in [-0.1, -0.05) is 30.7 Å². The molecule has 1 aliphatic heterocycles. The lowest BCUT2D eigenvalue weighted by molar-refractivity contribution is 0.184. The second-order valence-corrected chi connectivity index (χ2v) is 6.90. The van der Waals surface area contributed by atoms with Crippen molar-refractivity contribution in [3.8, 4) is 11.5 Å². The fraction of sp³-hybridized carbons (Fsp3) is 0.429. The number of rotatable bonds is 6. The highest BCUT2D eigenvalue weighted by molar-refractivity contribution is 6.30. The number of nitrogens with zero attached hydrogens (tertiary/aromatic N) is 1. The Labute approximate surface area is 155 Å². The van der Waals surface area contributed by atoms with Gasteiger partial charge < -0.3 is 9.47 Å². The summed E-state index contributed by atoms with van der Waals surface area (Å²) in [7, 11) is 3.40. The van der Waals surface area contributed by atoms with Gasteiger partial charge in [0, 0.05) is 17.6 Å². The summed E-state index contributed by atoms with van der Waals surface area (Å²) < 4.78 is 11.0. The van der Waals surface area contributed by atoms with E-state index in [9.17, 15) is 0 Å². The Morgan fingerprint density at radius 3 is 2.40 bits per heavy atom. The molecule has 1 unspecified atom stereocenters. The maximum atomic E-state index is 6.00. The molecule has 4 heteroatoms. The Morgan fingerprint density at radius 1 is 1.08 bits per heavy atom. The summed E-state index contributed by atoms with van der Waals surface area (Å²) in [6.45, 7) is 4.38. The van der Waals surface area contributed by atoms with Crippen LogP contribution in [-0.2, 0) is 12.8 Å². The van der Waals surface area contributed by atoms with Gasteiger partial charge in [0.05, 0.1) is 14.2 Å². The van der Waals surface area contributed by atoms with E-state index >= 15 is 0 Å². The molecule has 3 nitrogen and oxygen atoms in total. The van der Waals surface area contributed by atoms with Crippen LogP contribution >= 0.6 is 11.6 Å². The smallest absolute Gasteiger partial charge is 0.161 e. The Hall–Kier alpha value is -1.71. The lowest BCUT2D eigenvalue weighted by Crippen LogP contribution is -2.35. The van der Waals surface area contributed by atoms with Crippen molar-refractivity contribution in [2.24, 2.45) is 0 Å². The zero-order valence-corrected chi connectivity index (χ0v) is 16.0. The van der Waals surface area contributed by atoms with Crippen LogP contribution in [-0.4, -0.2) is 32.2 Å². The molecule has 0 spiro atoms. The minimum absolute atomic E-state index is 0.407. The molecule has 0 amide bonds. The maximum Gasteiger partial charge on any atom is 0.161 e. The highest BCUT2D eigenvalue weighted by Crippen LogP contribution is 2.39. The third-order valence-electron chi connectivity index (χ3n) is 5.14. The van der Waals surface area contributed by atoms with E-state index in [-0.39, 0.29) is 0 Å². The first-order valence-corrected chi connectivity index (χ1v) is 9.27. The van der Waals surface area contributed by atoms with E-state index in [4.69, 9.17) is 21.1 Å². The Morgan fingerprint density at radius 2 is 1.76 bits per heavy atom. The van der Waals surface area contributed by atoms with E-state index in [1.807, 2.05) is 12.1 Å². The number of hydrogen-bond acceptors (Lipinski definition) is 3. The van der Waals surface area contributed by atoms with Crippen molar-refractivity contribution >= 4 is 11.6 Å². The van der Waals surface area contributed by atoms with Crippen molar-refractivity contribution in [2.75, 3.05) is 27.3 Å². The average Bonchev–Trinajstić information content (AvgIpc) is 2.65. The molecule has 0 bridgehead atoms. The topological polar surface area (TPSA) is 21.7 Å². The predicted octanol–water partition coefficient (Wildman–Crippen LogP) is 4.91. The second-order valence-electron chi connectivity index (χ2n) is 6.47. The molecule has 1 aliphatic rings. The quantitative estimate of drug-likeness (QED) is 0.731. The van der Waals surface area contributed by atoms with Crippen LogP contribution in [0.25, 0.3) is 0 Å². The summed E-state index contributed by atoms with van der Waals surface area (Å²) in [6, 6.07) is 12.9. The van der Waals surface area contributed by atoms with Gasteiger partial charge in [0.2, 0.25) is 0 Å². The highest BCUT2D eigenvalue weighted by atomic mass is 35.5. The van der Waals surface area contributed by atoms with Crippen LogP contribution < -0.4 is 9.47 Å². The number of hydrogen-bond donors (Lipinski definition) is 0. The molecule has 2 aromatic rings. The first kappa shape index (κ1) is 18.1. The lowest BCUT2D eigenvalue weighted by atomic mass is 9.88. The van der Waals surface area contributed by atoms with Crippen molar-refractivity contribution in [1.82, 2.24) is 4.90 Å². The van der Waals surface area contributed by atoms with Gasteiger partial charge in [-0.2, -0.15) is 0 Å². The maximum absolute atomic E-state index is 6.00. The minimum Gasteiger partial charge on any atom is -0.493 e. The molecule has 0 aliphatic carbocycles. The summed E-state index contributed by atoms with van der Waals surface area (Å²) in [6.07, 6.45) is 3.17. The van der Waals surface area contributed by atoms with Crippen LogP contribution in [0.2, 0.25) is 5.02 Å². The largest absolute Gasteiger partial charge is 0.493 e. The third kappa shape index (κ3) is 3.94. The van der Waals surface area contributed by atoms with Gasteiger partial charge in [-0.05, 0) is 66.8 Å². The van der Waals surface area contributed by atoms with Gasteiger partial charge in [0.1, 0.15) is 0 Å². The molecule has 1 heterocycles. The molecular weight excluding hydrogens is 334 g/mol. The molecule has 0 radical (unpaired) electrons. The van der Waals surface area contributed by atoms with Gasteiger partial charge in [-0.3, -0.25) is 4.90 Å². The number of halogens is 1. The minimum atomic E-state index is 0.407. The molecule has 2 aromatic carbocycles. The van der Waals surface area contributed by atoms with Crippen LogP contribution in [0.3, 0.4) is 0 Å². The number of methoxy groups -OCH3 is 2. The number of likely N-dealkylation sites (N-methyl/N-ethyl adjacent to an activating group) is 1. The summed E-state index contributed by atoms with van der Waals surface area (Å²) in [5, 5.41) is 0.791. The first-order valence-electron chi connectivity index (χ1n) is 8.89. The molecule has 25 heavy (non-hydrogen) atoms. The highest BCUT2D eigenvalue weighted by Gasteiger charge is 2.27. The molecule has 0 fully saturated rings. The monoisotopic (exact) mass is 359 g/mol. The zero-order chi connectivity index (χ0) is 17.8. The molecule has 0 aromatic heterocycles. The summed E-state index contributed by atoms with van der Waals surface area (Å²) in [5.41, 5.74) is 4.08. The fourth-order valence-corrected chi connectivity index (χ4v) is 3.88. The van der Waals surface area contributed by atoms with E-state index in [2.05, 4.69) is 36.1 Å². The van der Waals surface area contributed by atoms with Crippen LogP contribution in [0.5, 0.6) is 11.5 Å². The van der Waals surface area contributed by atoms with Gasteiger partial charge in [0.25, 0.3) is 0 Å². The summed E-state index contributed by atoms with van der Waals surface area (Å²) in [4.78, 5) is 2.56. The summed E-state index contributed by atoms with van der Waals surface area (Å²) >= 11 is 6.00. The van der Waals surface area contributed by atoms with Gasteiger partial charge >= 0.3 is 0 Å². The number of fused-ring (bicyclic) bond motifs is 1. The number of ether oxygens (including phenoxy) is 2. The molecular formula is C21H26ClNO2. The van der Waals surface area contributed by atoms with Crippen molar-refractivity contribution in [3.63, 3.8) is 0 Å². The average molecular weight is 360 g/mol. The van der Waals surface area contributed by atoms with Crippen LogP contribution in [0.1, 0.15) is 36.1 Å². The zero-order valence-electron chi connectivity index (χ0n) is 15.2. The van der Waals surface area contributed by atoms with Gasteiger partial charge in [-0.25, -0.2) is 0 Å². The van der Waals surface area contributed by atoms with Gasteiger partial charge in [-0.15, -0.1) is 0 Å². The normalized spacial score (nSPS) is 17.2. The van der Waals surface area contributed by atoms with E-state index in [1.54, 1.807) is 14.2 Å². The second kappa shape index (κ2) is 8.11. The predicted molar refractivity (Wildman–Crippen MR) is 103 cm³/mol. The number of benzene rings is 2. The van der Waals surface area contributed by atoms with E-state index in [0.717, 1.165) is 48.9 Å². The molecule has 0 N–H and O–H groups in total. The summed E-state index contributed by atoms with van der Waals surface area (Å²) in [5.74, 6) is 1.64. The van der Waals surface area contributed by atoms with E-state index in [1.165, 1.54) is 16.7 Å². The SMILES string of the molecule is CCN1CCc2cc(OC)c(OC)cc2C1CCc1ccc(Cl)cc1. The van der Waals surface area contributed by atoms with E-state index in [0.29, 0.717) is 6.04 Å². The van der Waals surface area contributed by atoms with Crippen molar-refractivity contribution in [2.45, 2.75) is 32.2 Å². The van der Waals surface area contributed by atoms with Crippen LogP contribution in [0.15, 0.2) is 36.4 Å². The first-order chi connectivity index (χ1) is 12.2. The molecule has 0 saturated heterocycles. The van der Waals surface area contributed by atoms with Gasteiger partial charge in [0.15, 0.2) is 11.5 Å². The van der Waals surface area contributed by atoms with Crippen molar-refractivity contribution < 1.29 is 9.47 Å². The molecule has 0 saturated carbocycles. The van der Waals surface area contributed by atoms with Crippen molar-refractivity contribution in [3.05, 3.63) is 58.1 Å². The standard InChI is InChI=1S/C21H26ClNO2/c1-4-23-12-11-16-13-20(24-2)21(25-3)14-18(16)19(23)10-7-15-5-8-17(22)9-6-15/h5-6,8-9,13-14,19H,4,7,10-12H2,1-3H3. The molecule has 3 rings (SSSR count). The fourth-order valence-electron chi connectivity index (χ4n) is 3.75. The van der Waals surface area contributed by atoms with E-state index < -0.39 is 0 Å². The Bertz CT molecular complexity index is 715. The van der Waals surface area contributed by atoms with Crippen molar-refractivity contribution in [1.29, 1.82) is 0 Å². The third-order valence-corrected chi connectivity index (χ3v) is 5.39. The Kier molecular flexibility index (Phi) is 5.87.